The monoisotopic (exact) mass is 663 g/mol. The summed E-state index contributed by atoms with van der Waals surface area (Å²) >= 11 is 0. The average molecular weight is 664 g/mol. The summed E-state index contributed by atoms with van der Waals surface area (Å²) in [6.45, 7) is 5.19. The Hall–Kier alpha value is -4.08. The number of pyridine rings is 2. The fourth-order valence-corrected chi connectivity index (χ4v) is 7.28. The van der Waals surface area contributed by atoms with E-state index in [2.05, 4.69) is 20.1 Å². The van der Waals surface area contributed by atoms with Gasteiger partial charge in [0.2, 0.25) is 5.88 Å². The molecular weight excluding hydrogens is 627 g/mol. The number of amides is 1. The molecular formula is C30H36F3N7O5S. The van der Waals surface area contributed by atoms with Gasteiger partial charge in [-0.2, -0.15) is 21.6 Å². The van der Waals surface area contributed by atoms with Crippen LogP contribution in [0.15, 0.2) is 41.6 Å². The topological polar surface area (TPSA) is 152 Å². The minimum Gasteiger partial charge on any atom is -0.504 e. The number of hydrogen-bond donors (Lipinski definition) is 3. The van der Waals surface area contributed by atoms with Gasteiger partial charge in [0.1, 0.15) is 5.82 Å². The number of rotatable bonds is 6. The van der Waals surface area contributed by atoms with E-state index in [1.807, 2.05) is 18.7 Å². The third kappa shape index (κ3) is 6.31. The zero-order valence-corrected chi connectivity index (χ0v) is 26.3. The average Bonchev–Trinajstić information content (AvgIpc) is 3.54. The Morgan fingerprint density at radius 3 is 2.65 bits per heavy atom. The van der Waals surface area contributed by atoms with Gasteiger partial charge in [0, 0.05) is 30.9 Å². The van der Waals surface area contributed by atoms with Crippen LogP contribution in [0.5, 0.6) is 11.6 Å². The number of hydrogen-bond acceptors (Lipinski definition) is 10. The maximum Gasteiger partial charge on any atom is 0.394 e. The molecule has 0 radical (unpaired) electrons. The van der Waals surface area contributed by atoms with Crippen molar-refractivity contribution in [1.82, 2.24) is 24.5 Å². The molecule has 0 aromatic carbocycles. The van der Waals surface area contributed by atoms with Crippen LogP contribution < -0.4 is 19.7 Å². The molecule has 248 valence electrons. The SMILES string of the molecule is CC1(C)C[C@@H]2CCCNc3nc(ccc3O)S(=O)(=O)NC(=O)c3ccc(-n4ccc(OCCCC5(C(F)(F)F)CC5)n4)nc3N1C2. The highest BCUT2D eigenvalue weighted by Gasteiger charge is 2.62. The minimum atomic E-state index is -4.42. The third-order valence-electron chi connectivity index (χ3n) is 9.06. The number of aromatic nitrogens is 4. The minimum absolute atomic E-state index is 0.00840. The summed E-state index contributed by atoms with van der Waals surface area (Å²) in [5.41, 5.74) is -1.97. The van der Waals surface area contributed by atoms with Gasteiger partial charge in [-0.15, -0.1) is 5.10 Å². The summed E-state index contributed by atoms with van der Waals surface area (Å²) in [6, 6.07) is 6.91. The number of nitrogens with zero attached hydrogens (tertiary/aromatic N) is 5. The lowest BCUT2D eigenvalue weighted by Gasteiger charge is -2.34. The summed E-state index contributed by atoms with van der Waals surface area (Å²) < 4.78 is 75.2. The zero-order valence-electron chi connectivity index (χ0n) is 25.5. The number of halogens is 3. The fraction of sp³-hybridized carbons (Fsp3) is 0.533. The number of anilines is 2. The summed E-state index contributed by atoms with van der Waals surface area (Å²) in [5.74, 6) is -0.00356. The van der Waals surface area contributed by atoms with Gasteiger partial charge < -0.3 is 20.1 Å². The molecule has 1 saturated carbocycles. The number of aromatic hydroxyl groups is 1. The lowest BCUT2D eigenvalue weighted by Crippen LogP contribution is -2.41. The van der Waals surface area contributed by atoms with E-state index in [1.165, 1.54) is 22.9 Å². The first-order chi connectivity index (χ1) is 21.7. The Kier molecular flexibility index (Phi) is 8.05. The summed E-state index contributed by atoms with van der Waals surface area (Å²) in [4.78, 5) is 24.4. The van der Waals surface area contributed by atoms with E-state index in [4.69, 9.17) is 9.72 Å². The van der Waals surface area contributed by atoms with E-state index in [-0.39, 0.29) is 67.0 Å². The molecule has 3 aromatic rings. The van der Waals surface area contributed by atoms with E-state index in [0.29, 0.717) is 18.9 Å². The molecule has 0 unspecified atom stereocenters. The fourth-order valence-electron chi connectivity index (χ4n) is 6.37. The summed E-state index contributed by atoms with van der Waals surface area (Å²) in [7, 11) is -4.42. The van der Waals surface area contributed by atoms with E-state index in [0.717, 1.165) is 25.3 Å². The first-order valence-corrected chi connectivity index (χ1v) is 16.7. The number of carbonyl (C=O) groups excluding carboxylic acids is 1. The van der Waals surface area contributed by atoms with Crippen LogP contribution >= 0.6 is 0 Å². The Balaban J connectivity index is 1.27. The van der Waals surface area contributed by atoms with Crippen molar-refractivity contribution in [2.45, 2.75) is 75.5 Å². The molecule has 46 heavy (non-hydrogen) atoms. The molecule has 3 aromatic heterocycles. The molecule has 6 rings (SSSR count). The van der Waals surface area contributed by atoms with Crippen LogP contribution in [-0.4, -0.2) is 70.6 Å². The normalized spacial score (nSPS) is 21.7. The van der Waals surface area contributed by atoms with E-state index >= 15 is 0 Å². The lowest BCUT2D eigenvalue weighted by molar-refractivity contribution is -0.189. The molecule has 16 heteroatoms. The molecule has 3 N–H and O–H groups in total. The molecule has 5 heterocycles. The Bertz CT molecular complexity index is 1740. The van der Waals surface area contributed by atoms with Gasteiger partial charge in [-0.05, 0) is 89.0 Å². The van der Waals surface area contributed by atoms with Gasteiger partial charge in [0.05, 0.1) is 17.6 Å². The second kappa shape index (κ2) is 11.6. The predicted octanol–water partition coefficient (Wildman–Crippen LogP) is 4.80. The van der Waals surface area contributed by atoms with Crippen LogP contribution in [0, 0.1) is 11.3 Å². The maximum atomic E-state index is 13.6. The highest BCUT2D eigenvalue weighted by atomic mass is 32.2. The highest BCUT2D eigenvalue weighted by Crippen LogP contribution is 2.60. The van der Waals surface area contributed by atoms with Crippen LogP contribution in [0.3, 0.4) is 0 Å². The van der Waals surface area contributed by atoms with Gasteiger partial charge in [0.15, 0.2) is 22.4 Å². The van der Waals surface area contributed by atoms with Crippen molar-refractivity contribution in [3.8, 4) is 17.4 Å². The van der Waals surface area contributed by atoms with E-state index in [9.17, 15) is 31.5 Å². The molecule has 3 aliphatic rings. The van der Waals surface area contributed by atoms with E-state index < -0.39 is 38.1 Å². The molecule has 4 bridgehead atoms. The van der Waals surface area contributed by atoms with Crippen LogP contribution in [-0.2, 0) is 10.0 Å². The van der Waals surface area contributed by atoms with Crippen molar-refractivity contribution < 1.29 is 36.2 Å². The lowest BCUT2D eigenvalue weighted by atomic mass is 9.93. The quantitative estimate of drug-likeness (QED) is 0.314. The molecule has 1 saturated heterocycles. The summed E-state index contributed by atoms with van der Waals surface area (Å²) in [5, 5.41) is 17.2. The molecule has 2 aliphatic heterocycles. The summed E-state index contributed by atoms with van der Waals surface area (Å²) in [6.07, 6.45) is 0.309. The number of fused-ring (bicyclic) bond motifs is 6. The van der Waals surface area contributed by atoms with Crippen LogP contribution in [0.25, 0.3) is 5.82 Å². The first-order valence-electron chi connectivity index (χ1n) is 15.2. The van der Waals surface area contributed by atoms with Crippen LogP contribution in [0.1, 0.15) is 69.2 Å². The Morgan fingerprint density at radius 2 is 1.91 bits per heavy atom. The van der Waals surface area contributed by atoms with Crippen LogP contribution in [0.4, 0.5) is 24.8 Å². The second-order valence-corrected chi connectivity index (χ2v) is 14.5. The van der Waals surface area contributed by atoms with E-state index in [1.54, 1.807) is 12.3 Å². The predicted molar refractivity (Wildman–Crippen MR) is 162 cm³/mol. The Labute approximate surface area is 264 Å². The van der Waals surface area contributed by atoms with Crippen molar-refractivity contribution in [2.24, 2.45) is 11.3 Å². The first kappa shape index (κ1) is 31.9. The molecule has 0 spiro atoms. The van der Waals surface area contributed by atoms with Gasteiger partial charge in [-0.1, -0.05) is 0 Å². The smallest absolute Gasteiger partial charge is 0.394 e. The van der Waals surface area contributed by atoms with Crippen molar-refractivity contribution in [3.05, 3.63) is 42.1 Å². The number of nitrogens with one attached hydrogen (secondary N) is 2. The molecule has 1 atom stereocenters. The second-order valence-electron chi connectivity index (χ2n) is 12.9. The van der Waals surface area contributed by atoms with Gasteiger partial charge in [-0.3, -0.25) is 4.79 Å². The zero-order chi connectivity index (χ0) is 32.9. The van der Waals surface area contributed by atoms with Crippen molar-refractivity contribution in [3.63, 3.8) is 0 Å². The van der Waals surface area contributed by atoms with Crippen LogP contribution in [0.2, 0.25) is 0 Å². The molecule has 1 amide bonds. The largest absolute Gasteiger partial charge is 0.504 e. The van der Waals surface area contributed by atoms with Gasteiger partial charge in [0.25, 0.3) is 15.9 Å². The maximum absolute atomic E-state index is 13.6. The third-order valence-corrected chi connectivity index (χ3v) is 10.3. The number of alkyl halides is 3. The van der Waals surface area contributed by atoms with Gasteiger partial charge >= 0.3 is 6.18 Å². The number of carbonyl (C=O) groups is 1. The number of ether oxygens (including phenoxy) is 1. The van der Waals surface area contributed by atoms with Crippen molar-refractivity contribution in [2.75, 3.05) is 29.9 Å². The number of sulfonamides is 1. The van der Waals surface area contributed by atoms with Crippen molar-refractivity contribution >= 4 is 27.6 Å². The molecule has 2 fully saturated rings. The molecule has 1 aliphatic carbocycles. The van der Waals surface area contributed by atoms with Crippen molar-refractivity contribution in [1.29, 1.82) is 0 Å². The molecule has 12 nitrogen and oxygen atoms in total. The standard InChI is InChI=1S/C30H36F3N7O5S/c1-28(2)17-19-5-3-14-34-25-21(41)7-9-24(36-25)46(43,44)38-27(42)20-6-8-22(35-26(20)39(28)18-19)40-15-10-23(37-40)45-16-4-11-29(12-13-29)30(31,32)33/h6-10,15,19,41H,3-5,11-14,16-18H2,1-2H3,(H,34,36)(H,38,42)/t19-/m0/s1. The highest BCUT2D eigenvalue weighted by molar-refractivity contribution is 7.90. The van der Waals surface area contributed by atoms with Gasteiger partial charge in [-0.25, -0.2) is 19.4 Å². The Morgan fingerprint density at radius 1 is 1.13 bits per heavy atom.